The van der Waals surface area contributed by atoms with Gasteiger partial charge in [0.25, 0.3) is 11.8 Å². The second-order valence-corrected chi connectivity index (χ2v) is 12.4. The molecule has 12 heteroatoms. The largest absolute Gasteiger partial charge is 0.391 e. The van der Waals surface area contributed by atoms with E-state index in [0.29, 0.717) is 17.7 Å². The number of benzene rings is 2. The third kappa shape index (κ3) is 11.5. The van der Waals surface area contributed by atoms with E-state index < -0.39 is 47.4 Å². The first-order valence-electron chi connectivity index (χ1n) is 15.2. The van der Waals surface area contributed by atoms with E-state index in [-0.39, 0.29) is 24.2 Å². The maximum atomic E-state index is 13.4. The molecule has 1 aromatic heterocycles. The van der Waals surface area contributed by atoms with Crippen molar-refractivity contribution in [1.82, 2.24) is 26.4 Å². The zero-order valence-corrected chi connectivity index (χ0v) is 27.5. The second kappa shape index (κ2) is 16.3. The number of rotatable bonds is 13. The molecule has 0 bridgehead atoms. The van der Waals surface area contributed by atoms with Crippen LogP contribution < -0.4 is 21.3 Å². The van der Waals surface area contributed by atoms with Gasteiger partial charge in [-0.25, -0.2) is 0 Å². The van der Waals surface area contributed by atoms with Crippen LogP contribution in [-0.4, -0.2) is 57.6 Å². The van der Waals surface area contributed by atoms with Gasteiger partial charge in [0.05, 0.1) is 6.10 Å². The Balaban J connectivity index is 1.74. The molecule has 4 amide bonds. The maximum Gasteiger partial charge on any atom is 0.274 e. The fraction of sp³-hybridized carbons (Fsp3) is 0.371. The first-order chi connectivity index (χ1) is 22.1. The number of nitriles is 1. The Morgan fingerprint density at radius 2 is 1.62 bits per heavy atom. The standard InChI is InChI=1S/C35H42N6O6/c1-21-7-9-26(10-8-21)20-37-32(44)28(38-34(46)30(23(3)42)39-33(45)29-17-22(2)47-41-29)16-15-24-11-13-25(14-12-24)18-27(19-36)31(43)40-35(4,5)6/h7-14,17-18,23,28,30,42H,15-16,20H2,1-6H3,(H,37,44)(H,38,46)(H,39,45)(H,40,43)/t23-,28+,30+/m1/s1. The van der Waals surface area contributed by atoms with Crippen LogP contribution in [0.2, 0.25) is 0 Å². The molecule has 0 saturated carbocycles. The molecule has 3 rings (SSSR count). The molecule has 0 radical (unpaired) electrons. The van der Waals surface area contributed by atoms with Crippen molar-refractivity contribution in [1.29, 1.82) is 5.26 Å². The first-order valence-corrected chi connectivity index (χ1v) is 15.2. The molecule has 3 aromatic rings. The quantitative estimate of drug-likeness (QED) is 0.139. The Morgan fingerprint density at radius 1 is 0.979 bits per heavy atom. The van der Waals surface area contributed by atoms with Crippen LogP contribution in [0.15, 0.2) is 64.7 Å². The summed E-state index contributed by atoms with van der Waals surface area (Å²) in [7, 11) is 0. The number of amides is 4. The Labute approximate surface area is 274 Å². The van der Waals surface area contributed by atoms with Crippen molar-refractivity contribution >= 4 is 29.7 Å². The molecule has 0 aliphatic carbocycles. The lowest BCUT2D eigenvalue weighted by Crippen LogP contribution is -2.57. The number of carbonyl (C=O) groups is 4. The van der Waals surface area contributed by atoms with Crippen molar-refractivity contribution in [2.75, 3.05) is 0 Å². The minimum Gasteiger partial charge on any atom is -0.391 e. The van der Waals surface area contributed by atoms with E-state index in [9.17, 15) is 29.5 Å². The molecule has 3 atom stereocenters. The zero-order chi connectivity index (χ0) is 34.7. The smallest absolute Gasteiger partial charge is 0.274 e. The average Bonchev–Trinajstić information content (AvgIpc) is 3.45. The highest BCUT2D eigenvalue weighted by atomic mass is 16.5. The van der Waals surface area contributed by atoms with Crippen LogP contribution in [0.25, 0.3) is 6.08 Å². The van der Waals surface area contributed by atoms with Gasteiger partial charge in [-0.05, 0) is 77.2 Å². The number of carbonyl (C=O) groups excluding carboxylic acids is 4. The average molecular weight is 643 g/mol. The number of hydrogen-bond acceptors (Lipinski definition) is 8. The molecule has 47 heavy (non-hydrogen) atoms. The summed E-state index contributed by atoms with van der Waals surface area (Å²) in [6, 6.07) is 15.7. The highest BCUT2D eigenvalue weighted by Gasteiger charge is 2.30. The fourth-order valence-corrected chi connectivity index (χ4v) is 4.46. The summed E-state index contributed by atoms with van der Waals surface area (Å²) < 4.78 is 4.93. The molecule has 0 unspecified atom stereocenters. The summed E-state index contributed by atoms with van der Waals surface area (Å²) >= 11 is 0. The van der Waals surface area contributed by atoms with E-state index in [1.54, 1.807) is 19.1 Å². The van der Waals surface area contributed by atoms with Crippen LogP contribution >= 0.6 is 0 Å². The third-order valence-corrected chi connectivity index (χ3v) is 7.00. The van der Waals surface area contributed by atoms with Crippen LogP contribution in [-0.2, 0) is 27.3 Å². The van der Waals surface area contributed by atoms with Gasteiger partial charge >= 0.3 is 0 Å². The molecule has 5 N–H and O–H groups in total. The number of aliphatic hydroxyl groups excluding tert-OH is 1. The highest BCUT2D eigenvalue weighted by molar-refractivity contribution is 6.02. The zero-order valence-electron chi connectivity index (χ0n) is 27.5. The van der Waals surface area contributed by atoms with Crippen molar-refractivity contribution in [3.8, 4) is 6.07 Å². The van der Waals surface area contributed by atoms with Crippen LogP contribution in [0.4, 0.5) is 0 Å². The van der Waals surface area contributed by atoms with Gasteiger partial charge in [-0.1, -0.05) is 59.3 Å². The molecule has 1 heterocycles. The van der Waals surface area contributed by atoms with E-state index in [1.807, 2.05) is 70.2 Å². The number of nitrogens with zero attached hydrogens (tertiary/aromatic N) is 2. The summed E-state index contributed by atoms with van der Waals surface area (Å²) in [6.45, 7) is 10.6. The highest BCUT2D eigenvalue weighted by Crippen LogP contribution is 2.14. The van der Waals surface area contributed by atoms with Gasteiger partial charge in [-0.15, -0.1) is 0 Å². The minimum absolute atomic E-state index is 0.0286. The Kier molecular flexibility index (Phi) is 12.6. The van der Waals surface area contributed by atoms with Gasteiger partial charge in [0.15, 0.2) is 5.69 Å². The molecular weight excluding hydrogens is 600 g/mol. The minimum atomic E-state index is -1.37. The van der Waals surface area contributed by atoms with Gasteiger partial charge < -0.3 is 30.9 Å². The summed E-state index contributed by atoms with van der Waals surface area (Å²) in [5.41, 5.74) is 2.87. The summed E-state index contributed by atoms with van der Waals surface area (Å²) in [5.74, 6) is -1.97. The van der Waals surface area contributed by atoms with Crippen molar-refractivity contribution in [2.24, 2.45) is 0 Å². The van der Waals surface area contributed by atoms with Crippen LogP contribution in [0.1, 0.15) is 72.6 Å². The molecule has 0 spiro atoms. The van der Waals surface area contributed by atoms with Gasteiger partial charge in [-0.2, -0.15) is 5.26 Å². The second-order valence-electron chi connectivity index (χ2n) is 12.4. The Hall–Kier alpha value is -5.28. The maximum absolute atomic E-state index is 13.4. The molecule has 0 fully saturated rings. The van der Waals surface area contributed by atoms with Gasteiger partial charge in [0, 0.05) is 18.2 Å². The first kappa shape index (κ1) is 36.2. The molecule has 0 saturated heterocycles. The molecule has 248 valence electrons. The van der Waals surface area contributed by atoms with Gasteiger partial charge in [0.1, 0.15) is 29.5 Å². The van der Waals surface area contributed by atoms with Crippen LogP contribution in [0, 0.1) is 25.2 Å². The lowest BCUT2D eigenvalue weighted by Gasteiger charge is -2.24. The Morgan fingerprint density at radius 3 is 2.17 bits per heavy atom. The lowest BCUT2D eigenvalue weighted by atomic mass is 10.0. The number of aryl methyl sites for hydroxylation is 3. The monoisotopic (exact) mass is 642 g/mol. The van der Waals surface area contributed by atoms with Gasteiger partial charge in [0.2, 0.25) is 11.8 Å². The number of aromatic nitrogens is 1. The van der Waals surface area contributed by atoms with E-state index in [4.69, 9.17) is 4.52 Å². The predicted octanol–water partition coefficient (Wildman–Crippen LogP) is 3.03. The number of nitrogens with one attached hydrogen (secondary N) is 4. The van der Waals surface area contributed by atoms with E-state index in [1.165, 1.54) is 19.1 Å². The summed E-state index contributed by atoms with van der Waals surface area (Å²) in [4.78, 5) is 51.8. The normalized spacial score (nSPS) is 13.4. The van der Waals surface area contributed by atoms with Crippen molar-refractivity contribution in [3.05, 3.63) is 93.9 Å². The summed E-state index contributed by atoms with van der Waals surface area (Å²) in [6.07, 6.45) is 0.790. The van der Waals surface area contributed by atoms with Crippen molar-refractivity contribution in [3.63, 3.8) is 0 Å². The van der Waals surface area contributed by atoms with Crippen LogP contribution in [0.5, 0.6) is 0 Å². The fourth-order valence-electron chi connectivity index (χ4n) is 4.46. The van der Waals surface area contributed by atoms with Crippen molar-refractivity contribution < 1.29 is 28.8 Å². The van der Waals surface area contributed by atoms with E-state index >= 15 is 0 Å². The third-order valence-electron chi connectivity index (χ3n) is 7.00. The Bertz CT molecular complexity index is 1630. The summed E-state index contributed by atoms with van der Waals surface area (Å²) in [5, 5.41) is 34.3. The van der Waals surface area contributed by atoms with Crippen molar-refractivity contribution in [2.45, 2.75) is 84.7 Å². The molecule has 2 aromatic carbocycles. The van der Waals surface area contributed by atoms with E-state index in [0.717, 1.165) is 16.7 Å². The van der Waals surface area contributed by atoms with E-state index in [2.05, 4.69) is 26.4 Å². The topological polar surface area (TPSA) is 186 Å². The number of aliphatic hydroxyl groups is 1. The molecule has 12 nitrogen and oxygen atoms in total. The van der Waals surface area contributed by atoms with Gasteiger partial charge in [-0.3, -0.25) is 19.2 Å². The lowest BCUT2D eigenvalue weighted by molar-refractivity contribution is -0.131. The number of hydrogen-bond donors (Lipinski definition) is 5. The van der Waals surface area contributed by atoms with Crippen LogP contribution in [0.3, 0.4) is 0 Å². The molecular formula is C35H42N6O6. The molecule has 0 aliphatic rings. The molecule has 0 aliphatic heterocycles. The SMILES string of the molecule is Cc1ccc(CNC(=O)[C@H](CCc2ccc(C=C(C#N)C(=O)NC(C)(C)C)cc2)NC(=O)[C@@H](NC(=O)c2cc(C)on2)[C@@H](C)O)cc1. The predicted molar refractivity (Wildman–Crippen MR) is 175 cm³/mol.